The van der Waals surface area contributed by atoms with Gasteiger partial charge in [0.25, 0.3) is 0 Å². The molecule has 0 aliphatic carbocycles. The molecular weight excluding hydrogens is 264 g/mol. The largest absolute Gasteiger partial charge is 0.449 e. The van der Waals surface area contributed by atoms with Crippen LogP contribution in [0.5, 0.6) is 0 Å². The van der Waals surface area contributed by atoms with Crippen molar-refractivity contribution in [3.63, 3.8) is 0 Å². The Balaban J connectivity index is 2.35. The number of carbonyl (C=O) groups is 1. The number of rotatable bonds is 4. The molecular formula is C17H22N2O2. The SMILES string of the molecule is C#CCOC(=O)c1cc(NC)ccc1N1CCCC[C@@H]1C. The van der Waals surface area contributed by atoms with Gasteiger partial charge in [-0.05, 0) is 44.4 Å². The van der Waals surface area contributed by atoms with E-state index in [0.717, 1.165) is 30.8 Å². The number of carbonyl (C=O) groups excluding carboxylic acids is 1. The summed E-state index contributed by atoms with van der Waals surface area (Å²) >= 11 is 0. The normalized spacial score (nSPS) is 18.0. The molecule has 0 radical (unpaired) electrons. The van der Waals surface area contributed by atoms with Crippen molar-refractivity contribution < 1.29 is 9.53 Å². The fourth-order valence-electron chi connectivity index (χ4n) is 2.75. The molecule has 1 N–H and O–H groups in total. The summed E-state index contributed by atoms with van der Waals surface area (Å²) in [5.74, 6) is 1.97. The smallest absolute Gasteiger partial charge is 0.341 e. The van der Waals surface area contributed by atoms with Crippen LogP contribution < -0.4 is 10.2 Å². The van der Waals surface area contributed by atoms with Crippen molar-refractivity contribution in [1.29, 1.82) is 0 Å². The van der Waals surface area contributed by atoms with Gasteiger partial charge in [-0.2, -0.15) is 0 Å². The second kappa shape index (κ2) is 7.03. The Morgan fingerprint density at radius 1 is 1.52 bits per heavy atom. The number of anilines is 2. The van der Waals surface area contributed by atoms with Crippen molar-refractivity contribution in [2.24, 2.45) is 0 Å². The highest BCUT2D eigenvalue weighted by Crippen LogP contribution is 2.30. The number of benzene rings is 1. The van der Waals surface area contributed by atoms with Gasteiger partial charge >= 0.3 is 5.97 Å². The summed E-state index contributed by atoms with van der Waals surface area (Å²) in [4.78, 5) is 14.6. The molecule has 1 aromatic rings. The van der Waals surface area contributed by atoms with Gasteiger partial charge in [0.2, 0.25) is 0 Å². The van der Waals surface area contributed by atoms with Gasteiger partial charge in [-0.15, -0.1) is 6.42 Å². The van der Waals surface area contributed by atoms with Gasteiger partial charge in [-0.1, -0.05) is 5.92 Å². The van der Waals surface area contributed by atoms with Crippen molar-refractivity contribution in [2.45, 2.75) is 32.2 Å². The number of hydrogen-bond donors (Lipinski definition) is 1. The summed E-state index contributed by atoms with van der Waals surface area (Å²) < 4.78 is 5.11. The first kappa shape index (κ1) is 15.2. The second-order valence-electron chi connectivity index (χ2n) is 5.30. The molecule has 0 spiro atoms. The van der Waals surface area contributed by atoms with E-state index in [1.54, 1.807) is 0 Å². The highest BCUT2D eigenvalue weighted by atomic mass is 16.5. The molecule has 0 unspecified atom stereocenters. The number of terminal acetylenes is 1. The van der Waals surface area contributed by atoms with Crippen molar-refractivity contribution in [3.8, 4) is 12.3 Å². The van der Waals surface area contributed by atoms with Gasteiger partial charge in [0.15, 0.2) is 6.61 Å². The van der Waals surface area contributed by atoms with E-state index < -0.39 is 0 Å². The summed E-state index contributed by atoms with van der Waals surface area (Å²) in [6, 6.07) is 6.22. The number of nitrogens with one attached hydrogen (secondary N) is 1. The molecule has 112 valence electrons. The van der Waals surface area contributed by atoms with E-state index in [9.17, 15) is 4.79 Å². The quantitative estimate of drug-likeness (QED) is 0.682. The van der Waals surface area contributed by atoms with Crippen LogP contribution in [0.2, 0.25) is 0 Å². The number of esters is 1. The fourth-order valence-corrected chi connectivity index (χ4v) is 2.75. The van der Waals surface area contributed by atoms with E-state index in [-0.39, 0.29) is 12.6 Å². The maximum atomic E-state index is 12.3. The minimum atomic E-state index is -0.363. The maximum Gasteiger partial charge on any atom is 0.341 e. The van der Waals surface area contributed by atoms with Crippen LogP contribution in [0.3, 0.4) is 0 Å². The van der Waals surface area contributed by atoms with Crippen molar-refractivity contribution in [1.82, 2.24) is 0 Å². The molecule has 0 amide bonds. The number of nitrogens with zero attached hydrogens (tertiary/aromatic N) is 1. The molecule has 1 aliphatic rings. The monoisotopic (exact) mass is 286 g/mol. The van der Waals surface area contributed by atoms with Gasteiger partial charge < -0.3 is 15.0 Å². The van der Waals surface area contributed by atoms with Crippen LogP contribution in [0.15, 0.2) is 18.2 Å². The first-order valence-corrected chi connectivity index (χ1v) is 7.36. The Hall–Kier alpha value is -2.15. The van der Waals surface area contributed by atoms with E-state index in [4.69, 9.17) is 11.2 Å². The summed E-state index contributed by atoms with van der Waals surface area (Å²) in [6.07, 6.45) is 8.70. The highest BCUT2D eigenvalue weighted by molar-refractivity contribution is 5.97. The third-order valence-corrected chi connectivity index (χ3v) is 3.90. The van der Waals surface area contributed by atoms with Gasteiger partial charge in [-0.3, -0.25) is 0 Å². The minimum absolute atomic E-state index is 0.00237. The average Bonchev–Trinajstić information content (AvgIpc) is 2.52. The predicted molar refractivity (Wildman–Crippen MR) is 85.8 cm³/mol. The molecule has 1 saturated heterocycles. The maximum absolute atomic E-state index is 12.3. The van der Waals surface area contributed by atoms with Crippen LogP contribution in [0, 0.1) is 12.3 Å². The zero-order chi connectivity index (χ0) is 15.2. The molecule has 0 aromatic heterocycles. The highest BCUT2D eigenvalue weighted by Gasteiger charge is 2.24. The summed E-state index contributed by atoms with van der Waals surface area (Å²) in [5.41, 5.74) is 2.39. The van der Waals surface area contributed by atoms with E-state index >= 15 is 0 Å². The van der Waals surface area contributed by atoms with Crippen LogP contribution in [0.4, 0.5) is 11.4 Å². The number of ether oxygens (including phenoxy) is 1. The molecule has 1 atom stereocenters. The van der Waals surface area contributed by atoms with Crippen molar-refractivity contribution in [3.05, 3.63) is 23.8 Å². The van der Waals surface area contributed by atoms with E-state index in [1.807, 2.05) is 25.2 Å². The number of piperidine rings is 1. The molecule has 1 aromatic carbocycles. The van der Waals surface area contributed by atoms with E-state index in [1.165, 1.54) is 6.42 Å². The Morgan fingerprint density at radius 2 is 2.33 bits per heavy atom. The predicted octanol–water partition coefficient (Wildman–Crippen LogP) is 2.90. The lowest BCUT2D eigenvalue weighted by Crippen LogP contribution is -2.38. The Bertz CT molecular complexity index is 548. The van der Waals surface area contributed by atoms with Crippen LogP contribution in [-0.4, -0.2) is 32.2 Å². The molecule has 1 fully saturated rings. The zero-order valence-electron chi connectivity index (χ0n) is 12.7. The molecule has 0 bridgehead atoms. The topological polar surface area (TPSA) is 41.6 Å². The van der Waals surface area contributed by atoms with Crippen LogP contribution >= 0.6 is 0 Å². The summed E-state index contributed by atoms with van der Waals surface area (Å²) in [6.45, 7) is 3.16. The van der Waals surface area contributed by atoms with Crippen LogP contribution in [0.25, 0.3) is 0 Å². The molecule has 1 aliphatic heterocycles. The number of hydrogen-bond acceptors (Lipinski definition) is 4. The van der Waals surface area contributed by atoms with Crippen LogP contribution in [-0.2, 0) is 4.74 Å². The van der Waals surface area contributed by atoms with Crippen molar-refractivity contribution in [2.75, 3.05) is 30.4 Å². The van der Waals surface area contributed by atoms with Crippen molar-refractivity contribution >= 4 is 17.3 Å². The fraction of sp³-hybridized carbons (Fsp3) is 0.471. The third-order valence-electron chi connectivity index (χ3n) is 3.90. The zero-order valence-corrected chi connectivity index (χ0v) is 12.7. The van der Waals surface area contributed by atoms with Gasteiger partial charge in [0, 0.05) is 25.3 Å². The summed E-state index contributed by atoms with van der Waals surface area (Å²) in [7, 11) is 1.83. The van der Waals surface area contributed by atoms with Gasteiger partial charge in [-0.25, -0.2) is 4.79 Å². The molecule has 4 nitrogen and oxygen atoms in total. The van der Waals surface area contributed by atoms with E-state index in [2.05, 4.69) is 23.1 Å². The molecule has 21 heavy (non-hydrogen) atoms. The lowest BCUT2D eigenvalue weighted by atomic mass is 10.0. The average molecular weight is 286 g/mol. The molecule has 4 heteroatoms. The molecule has 2 rings (SSSR count). The van der Waals surface area contributed by atoms with Crippen LogP contribution in [0.1, 0.15) is 36.5 Å². The Labute approximate surface area is 126 Å². The summed E-state index contributed by atoms with van der Waals surface area (Å²) in [5, 5.41) is 3.05. The second-order valence-corrected chi connectivity index (χ2v) is 5.30. The molecule has 1 heterocycles. The standard InChI is InChI=1S/C17H22N2O2/c1-4-11-21-17(20)15-12-14(18-3)8-9-16(15)19-10-6-5-7-13(19)2/h1,8-9,12-13,18H,5-7,10-11H2,2-3H3/t13-/m0/s1. The Kier molecular flexibility index (Phi) is 5.10. The Morgan fingerprint density at radius 3 is 3.00 bits per heavy atom. The lowest BCUT2D eigenvalue weighted by molar-refractivity contribution is 0.0557. The van der Waals surface area contributed by atoms with Gasteiger partial charge in [0.05, 0.1) is 11.3 Å². The first-order valence-electron chi connectivity index (χ1n) is 7.36. The van der Waals surface area contributed by atoms with E-state index in [0.29, 0.717) is 11.6 Å². The van der Waals surface area contributed by atoms with Gasteiger partial charge in [0.1, 0.15) is 0 Å². The molecule has 0 saturated carbocycles. The third kappa shape index (κ3) is 3.49. The first-order chi connectivity index (χ1) is 10.2. The lowest BCUT2D eigenvalue weighted by Gasteiger charge is -2.36. The minimum Gasteiger partial charge on any atom is -0.449 e.